The molecule has 2 N–H and O–H groups in total. The van der Waals surface area contributed by atoms with E-state index in [9.17, 15) is 10.1 Å². The summed E-state index contributed by atoms with van der Waals surface area (Å²) in [7, 11) is 0. The zero-order valence-corrected chi connectivity index (χ0v) is 10.2. The van der Waals surface area contributed by atoms with Crippen molar-refractivity contribution in [2.24, 2.45) is 0 Å². The lowest BCUT2D eigenvalue weighted by Gasteiger charge is -2.07. The maximum atomic E-state index is 10.9. The van der Waals surface area contributed by atoms with Gasteiger partial charge in [0, 0.05) is 18.3 Å². The van der Waals surface area contributed by atoms with Crippen molar-refractivity contribution in [2.75, 3.05) is 12.3 Å². The van der Waals surface area contributed by atoms with Crippen molar-refractivity contribution in [2.45, 2.75) is 6.42 Å². The summed E-state index contributed by atoms with van der Waals surface area (Å²) in [6, 6.07) is 10.2. The quantitative estimate of drug-likeness (QED) is 0.505. The third kappa shape index (κ3) is 3.19. The van der Waals surface area contributed by atoms with Crippen LogP contribution in [0.5, 0.6) is 5.75 Å². The first-order chi connectivity index (χ1) is 9.18. The van der Waals surface area contributed by atoms with Crippen LogP contribution in [-0.2, 0) is 6.42 Å². The average Bonchev–Trinajstić information content (AvgIpc) is 2.39. The van der Waals surface area contributed by atoms with E-state index in [0.717, 1.165) is 5.69 Å². The van der Waals surface area contributed by atoms with Crippen LogP contribution in [0.3, 0.4) is 0 Å². The van der Waals surface area contributed by atoms with Crippen molar-refractivity contribution in [3.05, 3.63) is 58.4 Å². The van der Waals surface area contributed by atoms with E-state index < -0.39 is 4.92 Å². The zero-order chi connectivity index (χ0) is 13.7. The summed E-state index contributed by atoms with van der Waals surface area (Å²) in [6.45, 7) is 0.307. The number of para-hydroxylation sites is 1. The monoisotopic (exact) mass is 259 g/mol. The average molecular weight is 259 g/mol. The summed E-state index contributed by atoms with van der Waals surface area (Å²) in [5.74, 6) is 0.181. The van der Waals surface area contributed by atoms with Crippen molar-refractivity contribution in [1.82, 2.24) is 4.98 Å². The Labute approximate surface area is 110 Å². The first-order valence-electron chi connectivity index (χ1n) is 5.74. The highest BCUT2D eigenvalue weighted by Gasteiger charge is 2.18. The molecule has 0 fully saturated rings. The van der Waals surface area contributed by atoms with Crippen LogP contribution in [0.25, 0.3) is 0 Å². The van der Waals surface area contributed by atoms with Gasteiger partial charge in [-0.3, -0.25) is 15.1 Å². The molecule has 2 rings (SSSR count). The Morgan fingerprint density at radius 3 is 2.79 bits per heavy atom. The molecule has 0 amide bonds. The third-order valence-corrected chi connectivity index (χ3v) is 2.55. The van der Waals surface area contributed by atoms with Gasteiger partial charge in [0.2, 0.25) is 0 Å². The minimum Gasteiger partial charge on any atom is -0.486 e. The van der Waals surface area contributed by atoms with Gasteiger partial charge in [0.05, 0.1) is 11.5 Å². The zero-order valence-electron chi connectivity index (χ0n) is 10.2. The molecule has 98 valence electrons. The molecule has 0 saturated heterocycles. The van der Waals surface area contributed by atoms with Gasteiger partial charge in [-0.25, -0.2) is 0 Å². The Bertz CT molecular complexity index is 573. The first kappa shape index (κ1) is 12.8. The number of ether oxygens (including phenoxy) is 1. The lowest BCUT2D eigenvalue weighted by molar-refractivity contribution is -0.384. The molecule has 6 heteroatoms. The molecule has 1 aromatic heterocycles. The predicted octanol–water partition coefficient (Wildman–Crippen LogP) is 2.19. The Balaban J connectivity index is 2.04. The largest absolute Gasteiger partial charge is 0.486 e. The lowest BCUT2D eigenvalue weighted by atomic mass is 10.2. The summed E-state index contributed by atoms with van der Waals surface area (Å²) < 4.78 is 5.42. The molecule has 0 aliphatic carbocycles. The van der Waals surface area contributed by atoms with Crippen LogP contribution in [0.2, 0.25) is 0 Å². The van der Waals surface area contributed by atoms with Gasteiger partial charge < -0.3 is 10.5 Å². The summed E-state index contributed by atoms with van der Waals surface area (Å²) in [5.41, 5.74) is 6.35. The van der Waals surface area contributed by atoms with Gasteiger partial charge in [-0.2, -0.15) is 0 Å². The fourth-order valence-corrected chi connectivity index (χ4v) is 1.66. The summed E-state index contributed by atoms with van der Waals surface area (Å²) >= 11 is 0. The molecule has 0 aliphatic rings. The fourth-order valence-electron chi connectivity index (χ4n) is 1.66. The molecule has 0 aliphatic heterocycles. The highest BCUT2D eigenvalue weighted by atomic mass is 16.6. The van der Waals surface area contributed by atoms with E-state index >= 15 is 0 Å². The molecule has 6 nitrogen and oxygen atoms in total. The van der Waals surface area contributed by atoms with Gasteiger partial charge in [0.25, 0.3) is 0 Å². The van der Waals surface area contributed by atoms with Crippen LogP contribution >= 0.6 is 0 Å². The highest BCUT2D eigenvalue weighted by molar-refractivity contribution is 5.65. The van der Waals surface area contributed by atoms with E-state index in [1.165, 1.54) is 12.1 Å². The number of benzene rings is 1. The molecular weight excluding hydrogens is 246 g/mol. The van der Waals surface area contributed by atoms with E-state index in [1.807, 2.05) is 18.2 Å². The van der Waals surface area contributed by atoms with Crippen LogP contribution in [-0.4, -0.2) is 16.5 Å². The maximum Gasteiger partial charge on any atom is 0.333 e. The minimum atomic E-state index is -0.536. The number of rotatable bonds is 5. The number of nitrogen functional groups attached to an aromatic ring is 1. The highest BCUT2D eigenvalue weighted by Crippen LogP contribution is 2.32. The minimum absolute atomic E-state index is 0.0975. The second-order valence-electron chi connectivity index (χ2n) is 3.87. The Morgan fingerprint density at radius 1 is 1.26 bits per heavy atom. The third-order valence-electron chi connectivity index (χ3n) is 2.55. The van der Waals surface area contributed by atoms with Gasteiger partial charge in [-0.1, -0.05) is 12.1 Å². The van der Waals surface area contributed by atoms with Crippen molar-refractivity contribution in [3.8, 4) is 5.75 Å². The summed E-state index contributed by atoms with van der Waals surface area (Å²) in [4.78, 5) is 14.5. The summed E-state index contributed by atoms with van der Waals surface area (Å²) in [6.07, 6.45) is 2.27. The number of anilines is 1. The number of hydrogen-bond acceptors (Lipinski definition) is 5. The first-order valence-corrected chi connectivity index (χ1v) is 5.74. The number of aromatic nitrogens is 1. The van der Waals surface area contributed by atoms with Crippen LogP contribution in [0.4, 0.5) is 11.4 Å². The Hall–Kier alpha value is -2.63. The van der Waals surface area contributed by atoms with E-state index in [0.29, 0.717) is 13.0 Å². The van der Waals surface area contributed by atoms with Crippen LogP contribution < -0.4 is 10.5 Å². The van der Waals surface area contributed by atoms with Gasteiger partial charge in [0.1, 0.15) is 5.69 Å². The molecule has 0 atom stereocenters. The second-order valence-corrected chi connectivity index (χ2v) is 3.87. The van der Waals surface area contributed by atoms with Crippen molar-refractivity contribution in [3.63, 3.8) is 0 Å². The van der Waals surface area contributed by atoms with Gasteiger partial charge in [-0.05, 0) is 24.3 Å². The molecular formula is C13H13N3O3. The Kier molecular flexibility index (Phi) is 3.92. The number of nitro benzene ring substituents is 1. The standard InChI is InChI=1S/C13H13N3O3/c14-11-5-3-6-12(13(11)16(17)18)19-9-7-10-4-1-2-8-15-10/h1-6,8H,7,9,14H2. The molecule has 1 heterocycles. The molecule has 0 saturated carbocycles. The van der Waals surface area contributed by atoms with Crippen LogP contribution in [0.15, 0.2) is 42.6 Å². The lowest BCUT2D eigenvalue weighted by Crippen LogP contribution is -2.05. The van der Waals surface area contributed by atoms with Crippen LogP contribution in [0.1, 0.15) is 5.69 Å². The maximum absolute atomic E-state index is 10.9. The smallest absolute Gasteiger partial charge is 0.333 e. The van der Waals surface area contributed by atoms with Crippen LogP contribution in [0, 0.1) is 10.1 Å². The topological polar surface area (TPSA) is 91.3 Å². The van der Waals surface area contributed by atoms with Crippen molar-refractivity contribution in [1.29, 1.82) is 0 Å². The molecule has 2 aromatic rings. The predicted molar refractivity (Wildman–Crippen MR) is 70.9 cm³/mol. The van der Waals surface area contributed by atoms with E-state index in [-0.39, 0.29) is 17.1 Å². The molecule has 0 bridgehead atoms. The van der Waals surface area contributed by atoms with E-state index in [2.05, 4.69) is 4.98 Å². The molecule has 19 heavy (non-hydrogen) atoms. The Morgan fingerprint density at radius 2 is 2.11 bits per heavy atom. The van der Waals surface area contributed by atoms with Gasteiger partial charge >= 0.3 is 5.69 Å². The molecule has 0 spiro atoms. The number of nitro groups is 1. The number of pyridine rings is 1. The molecule has 0 radical (unpaired) electrons. The number of nitrogens with two attached hydrogens (primary N) is 1. The van der Waals surface area contributed by atoms with E-state index in [1.54, 1.807) is 12.3 Å². The number of hydrogen-bond donors (Lipinski definition) is 1. The van der Waals surface area contributed by atoms with E-state index in [4.69, 9.17) is 10.5 Å². The van der Waals surface area contributed by atoms with Crippen molar-refractivity contribution < 1.29 is 9.66 Å². The SMILES string of the molecule is Nc1cccc(OCCc2ccccn2)c1[N+](=O)[O-]. The molecule has 1 aromatic carbocycles. The van der Waals surface area contributed by atoms with Gasteiger partial charge in [-0.15, -0.1) is 0 Å². The molecule has 0 unspecified atom stereocenters. The van der Waals surface area contributed by atoms with Crippen molar-refractivity contribution >= 4 is 11.4 Å². The summed E-state index contributed by atoms with van der Waals surface area (Å²) in [5, 5.41) is 10.9. The second kappa shape index (κ2) is 5.81. The normalized spacial score (nSPS) is 10.1. The number of nitrogens with zero attached hydrogens (tertiary/aromatic N) is 2. The fraction of sp³-hybridized carbons (Fsp3) is 0.154. The van der Waals surface area contributed by atoms with Gasteiger partial charge in [0.15, 0.2) is 5.75 Å².